The Morgan fingerprint density at radius 2 is 1.88 bits per heavy atom. The number of hydrogen-bond donors (Lipinski definition) is 2. The maximum absolute atomic E-state index is 12.4. The van der Waals surface area contributed by atoms with E-state index in [9.17, 15) is 19.2 Å². The van der Waals surface area contributed by atoms with E-state index in [0.717, 1.165) is 4.90 Å². The molecule has 0 saturated carbocycles. The molecule has 0 radical (unpaired) electrons. The van der Waals surface area contributed by atoms with Gasteiger partial charge in [0.2, 0.25) is 11.8 Å². The molecule has 0 aliphatic carbocycles. The highest BCUT2D eigenvalue weighted by molar-refractivity contribution is 6.22. The van der Waals surface area contributed by atoms with Crippen LogP contribution >= 0.6 is 0 Å². The highest BCUT2D eigenvalue weighted by Crippen LogP contribution is 2.23. The smallest absolute Gasteiger partial charge is 0.338 e. The van der Waals surface area contributed by atoms with Crippen molar-refractivity contribution < 1.29 is 23.9 Å². The summed E-state index contributed by atoms with van der Waals surface area (Å²) < 4.78 is 4.90. The van der Waals surface area contributed by atoms with E-state index in [1.807, 2.05) is 0 Å². The normalized spacial score (nSPS) is 16.9. The number of nitrogens with zero attached hydrogens (tertiary/aromatic N) is 1. The van der Waals surface area contributed by atoms with E-state index in [2.05, 4.69) is 10.6 Å². The van der Waals surface area contributed by atoms with Gasteiger partial charge in [0.05, 0.1) is 30.3 Å². The number of rotatable bonds is 7. The van der Waals surface area contributed by atoms with Gasteiger partial charge in [-0.2, -0.15) is 0 Å². The maximum atomic E-state index is 12.4. The number of amides is 3. The first-order valence-corrected chi connectivity index (χ1v) is 8.05. The molecular formula is C17H21N3O5. The molecule has 8 nitrogen and oxygen atoms in total. The fraction of sp³-hybridized carbons (Fsp3) is 0.412. The first kappa shape index (κ1) is 18.6. The van der Waals surface area contributed by atoms with Gasteiger partial charge in [-0.1, -0.05) is 0 Å². The lowest BCUT2D eigenvalue weighted by Crippen LogP contribution is -2.41. The predicted molar refractivity (Wildman–Crippen MR) is 90.0 cm³/mol. The van der Waals surface area contributed by atoms with Gasteiger partial charge < -0.3 is 15.4 Å². The lowest BCUT2D eigenvalue weighted by atomic mass is 10.2. The minimum absolute atomic E-state index is 0.0541. The summed E-state index contributed by atoms with van der Waals surface area (Å²) >= 11 is 0. The van der Waals surface area contributed by atoms with Crippen LogP contribution in [0.5, 0.6) is 0 Å². The lowest BCUT2D eigenvalue weighted by Gasteiger charge is -2.16. The van der Waals surface area contributed by atoms with Crippen molar-refractivity contribution in [3.05, 3.63) is 29.8 Å². The topological polar surface area (TPSA) is 105 Å². The van der Waals surface area contributed by atoms with Gasteiger partial charge in [0.25, 0.3) is 5.91 Å². The molecule has 0 bridgehead atoms. The van der Waals surface area contributed by atoms with Gasteiger partial charge >= 0.3 is 5.97 Å². The molecule has 1 saturated heterocycles. The van der Waals surface area contributed by atoms with E-state index in [1.165, 1.54) is 19.1 Å². The van der Waals surface area contributed by atoms with Crippen LogP contribution in [0.1, 0.15) is 30.6 Å². The molecule has 1 aromatic rings. The predicted octanol–water partition coefficient (Wildman–Crippen LogP) is 0.221. The third-order valence-corrected chi connectivity index (χ3v) is 3.67. The van der Waals surface area contributed by atoms with E-state index in [-0.39, 0.29) is 30.7 Å². The molecule has 1 aliphatic heterocycles. The lowest BCUT2D eigenvalue weighted by molar-refractivity contribution is -0.122. The average molecular weight is 347 g/mol. The van der Waals surface area contributed by atoms with Crippen molar-refractivity contribution in [1.29, 1.82) is 0 Å². The zero-order valence-electron chi connectivity index (χ0n) is 14.2. The average Bonchev–Trinajstić information content (AvgIpc) is 2.86. The third kappa shape index (κ3) is 4.63. The van der Waals surface area contributed by atoms with Crippen LogP contribution < -0.4 is 15.5 Å². The van der Waals surface area contributed by atoms with Gasteiger partial charge in [0.1, 0.15) is 0 Å². The number of carbonyl (C=O) groups excluding carboxylic acids is 4. The fourth-order valence-corrected chi connectivity index (χ4v) is 2.51. The molecule has 1 aliphatic rings. The van der Waals surface area contributed by atoms with E-state index in [0.29, 0.717) is 24.3 Å². The van der Waals surface area contributed by atoms with Crippen LogP contribution in [-0.4, -0.2) is 49.4 Å². The van der Waals surface area contributed by atoms with Gasteiger partial charge in [-0.3, -0.25) is 14.4 Å². The quantitative estimate of drug-likeness (QED) is 0.415. The van der Waals surface area contributed by atoms with E-state index in [4.69, 9.17) is 4.74 Å². The summed E-state index contributed by atoms with van der Waals surface area (Å²) in [4.78, 5) is 48.1. The summed E-state index contributed by atoms with van der Waals surface area (Å²) in [5.74, 6) is -1.27. The summed E-state index contributed by atoms with van der Waals surface area (Å²) in [6.07, 6.45) is 0.0541. The van der Waals surface area contributed by atoms with Gasteiger partial charge in [-0.15, -0.1) is 0 Å². The van der Waals surface area contributed by atoms with Crippen LogP contribution in [0.25, 0.3) is 0 Å². The molecule has 1 atom stereocenters. The zero-order chi connectivity index (χ0) is 18.4. The number of carbonyl (C=O) groups is 4. The van der Waals surface area contributed by atoms with E-state index < -0.39 is 12.0 Å². The molecule has 2 rings (SSSR count). The Bertz CT molecular complexity index is 671. The number of nitrogens with one attached hydrogen (secondary N) is 2. The molecule has 1 fully saturated rings. The van der Waals surface area contributed by atoms with Crippen molar-refractivity contribution in [2.45, 2.75) is 26.3 Å². The molecule has 0 spiro atoms. The molecule has 134 valence electrons. The summed E-state index contributed by atoms with van der Waals surface area (Å²) in [5.41, 5.74) is 0.767. The molecule has 1 aromatic carbocycles. The van der Waals surface area contributed by atoms with Crippen molar-refractivity contribution in [3.8, 4) is 0 Å². The largest absolute Gasteiger partial charge is 0.462 e. The highest BCUT2D eigenvalue weighted by Gasteiger charge is 2.39. The SMILES string of the molecule is CCOC(=O)c1ccc(N2C(=O)CC(NCCNC(C)=O)C2=O)cc1. The Balaban J connectivity index is 1.99. The maximum Gasteiger partial charge on any atom is 0.338 e. The van der Waals surface area contributed by atoms with Crippen molar-refractivity contribution in [2.75, 3.05) is 24.6 Å². The Morgan fingerprint density at radius 3 is 2.48 bits per heavy atom. The van der Waals surface area contributed by atoms with Gasteiger partial charge in [0, 0.05) is 20.0 Å². The Hall–Kier alpha value is -2.74. The molecule has 2 N–H and O–H groups in total. The highest BCUT2D eigenvalue weighted by atomic mass is 16.5. The van der Waals surface area contributed by atoms with Crippen LogP contribution in [0.15, 0.2) is 24.3 Å². The number of hydrogen-bond acceptors (Lipinski definition) is 6. The summed E-state index contributed by atoms with van der Waals surface area (Å²) in [5, 5.41) is 5.57. The second-order valence-corrected chi connectivity index (χ2v) is 5.53. The standard InChI is InChI=1S/C17H21N3O5/c1-3-25-17(24)12-4-6-13(7-5-12)20-15(22)10-14(16(20)23)19-9-8-18-11(2)21/h4-7,14,19H,3,8-10H2,1-2H3,(H,18,21). The van der Waals surface area contributed by atoms with Crippen LogP contribution in [0.2, 0.25) is 0 Å². The molecule has 3 amide bonds. The number of ether oxygens (including phenoxy) is 1. The van der Waals surface area contributed by atoms with Crippen molar-refractivity contribution in [2.24, 2.45) is 0 Å². The molecule has 0 aromatic heterocycles. The van der Waals surface area contributed by atoms with Crippen molar-refractivity contribution in [3.63, 3.8) is 0 Å². The summed E-state index contributed by atoms with van der Waals surface area (Å²) in [6, 6.07) is 5.51. The molecule has 1 unspecified atom stereocenters. The second-order valence-electron chi connectivity index (χ2n) is 5.53. The van der Waals surface area contributed by atoms with E-state index >= 15 is 0 Å². The summed E-state index contributed by atoms with van der Waals surface area (Å²) in [6.45, 7) is 4.16. The van der Waals surface area contributed by atoms with Gasteiger partial charge in [-0.05, 0) is 31.2 Å². The monoisotopic (exact) mass is 347 g/mol. The van der Waals surface area contributed by atoms with Crippen LogP contribution in [0.3, 0.4) is 0 Å². The Morgan fingerprint density at radius 1 is 1.20 bits per heavy atom. The number of esters is 1. The Kier molecular flexibility index (Phi) is 6.24. The molecule has 8 heteroatoms. The number of imide groups is 1. The molecular weight excluding hydrogens is 326 g/mol. The molecule has 1 heterocycles. The fourth-order valence-electron chi connectivity index (χ4n) is 2.51. The van der Waals surface area contributed by atoms with Crippen LogP contribution in [-0.2, 0) is 19.1 Å². The first-order chi connectivity index (χ1) is 11.9. The molecule has 25 heavy (non-hydrogen) atoms. The third-order valence-electron chi connectivity index (χ3n) is 3.67. The van der Waals surface area contributed by atoms with Crippen molar-refractivity contribution >= 4 is 29.4 Å². The minimum atomic E-state index is -0.619. The Labute approximate surface area is 145 Å². The minimum Gasteiger partial charge on any atom is -0.462 e. The number of benzene rings is 1. The number of anilines is 1. The van der Waals surface area contributed by atoms with E-state index in [1.54, 1.807) is 19.1 Å². The van der Waals surface area contributed by atoms with Crippen LogP contribution in [0, 0.1) is 0 Å². The summed E-state index contributed by atoms with van der Waals surface area (Å²) in [7, 11) is 0. The van der Waals surface area contributed by atoms with Crippen LogP contribution in [0.4, 0.5) is 5.69 Å². The first-order valence-electron chi connectivity index (χ1n) is 8.05. The second kappa shape index (κ2) is 8.39. The van der Waals surface area contributed by atoms with Crippen molar-refractivity contribution in [1.82, 2.24) is 10.6 Å². The zero-order valence-corrected chi connectivity index (χ0v) is 14.2. The van der Waals surface area contributed by atoms with Gasteiger partial charge in [0.15, 0.2) is 0 Å². The van der Waals surface area contributed by atoms with Gasteiger partial charge in [-0.25, -0.2) is 9.69 Å².